The van der Waals surface area contributed by atoms with E-state index in [0.29, 0.717) is 63.7 Å². The van der Waals surface area contributed by atoms with Crippen LogP contribution in [0.3, 0.4) is 0 Å². The van der Waals surface area contributed by atoms with Gasteiger partial charge in [-0.2, -0.15) is 16.8 Å². The number of rotatable bonds is 14. The molecule has 0 fully saturated rings. The third-order valence-corrected chi connectivity index (χ3v) is 10.2. The van der Waals surface area contributed by atoms with Crippen molar-refractivity contribution in [3.8, 4) is 0 Å². The van der Waals surface area contributed by atoms with Crippen LogP contribution in [-0.2, 0) is 37.0 Å². The number of aryl methyl sites for hydroxylation is 1. The summed E-state index contributed by atoms with van der Waals surface area (Å²) in [5.41, 5.74) is 3.00. The van der Waals surface area contributed by atoms with Crippen molar-refractivity contribution in [2.24, 2.45) is 0 Å². The van der Waals surface area contributed by atoms with E-state index >= 15 is 0 Å². The van der Waals surface area contributed by atoms with Crippen LogP contribution in [0, 0.1) is 0 Å². The molecule has 3 aromatic rings. The highest BCUT2D eigenvalue weighted by atomic mass is 35.5. The number of nitrogens with one attached hydrogen (secondary N) is 1. The molecule has 0 unspecified atom stereocenters. The van der Waals surface area contributed by atoms with Crippen molar-refractivity contribution in [1.29, 1.82) is 0 Å². The summed E-state index contributed by atoms with van der Waals surface area (Å²) in [6.45, 7) is 4.49. The van der Waals surface area contributed by atoms with Crippen molar-refractivity contribution in [2.75, 3.05) is 5.75 Å². The summed E-state index contributed by atoms with van der Waals surface area (Å²) >= 11 is 12.7. The summed E-state index contributed by atoms with van der Waals surface area (Å²) in [6.07, 6.45) is 13.4. The first-order chi connectivity index (χ1) is 22.0. The van der Waals surface area contributed by atoms with Crippen LogP contribution in [-0.4, -0.2) is 53.0 Å². The van der Waals surface area contributed by atoms with Gasteiger partial charge < -0.3 is 9.67 Å². The maximum Gasteiger partial charge on any atom is 0.303 e. The third kappa shape index (κ3) is 9.21. The maximum absolute atomic E-state index is 12.0. The van der Waals surface area contributed by atoms with Gasteiger partial charge in [-0.15, -0.1) is 0 Å². The van der Waals surface area contributed by atoms with Crippen LogP contribution < -0.4 is 15.6 Å². The lowest BCUT2D eigenvalue weighted by Crippen LogP contribution is -2.65. The van der Waals surface area contributed by atoms with Crippen LogP contribution in [0.1, 0.15) is 57.9 Å². The number of allylic oxidation sites excluding steroid dienone is 4. The van der Waals surface area contributed by atoms with Gasteiger partial charge >= 0.3 is 5.97 Å². The lowest BCUT2D eigenvalue weighted by molar-refractivity contribution is -0.349. The molecule has 47 heavy (non-hydrogen) atoms. The van der Waals surface area contributed by atoms with Crippen LogP contribution in [0.15, 0.2) is 59.5 Å². The van der Waals surface area contributed by atoms with Crippen molar-refractivity contribution < 1.29 is 40.8 Å². The van der Waals surface area contributed by atoms with Crippen molar-refractivity contribution in [3.05, 3.63) is 80.8 Å². The number of nitrogens with zero attached hydrogens (tertiary/aromatic N) is 1. The Hall–Kier alpha value is -3.26. The lowest BCUT2D eigenvalue weighted by atomic mass is 9.81. The first-order valence-corrected chi connectivity index (χ1v) is 18.8. The molecular weight excluding hydrogens is 687 g/mol. The number of fused-ring (bicyclic) bond motifs is 2. The predicted molar refractivity (Wildman–Crippen MR) is 185 cm³/mol. The van der Waals surface area contributed by atoms with Gasteiger partial charge in [0.15, 0.2) is 5.71 Å². The van der Waals surface area contributed by atoms with Crippen LogP contribution >= 0.6 is 23.2 Å². The van der Waals surface area contributed by atoms with Gasteiger partial charge in [0.05, 0.1) is 16.1 Å². The molecule has 252 valence electrons. The van der Waals surface area contributed by atoms with E-state index in [1.807, 2.05) is 47.1 Å². The monoisotopic (exact) mass is 723 g/mol. The molecule has 14 heteroatoms. The smallest absolute Gasteiger partial charge is 0.303 e. The summed E-state index contributed by atoms with van der Waals surface area (Å²) in [5, 5.41) is 12.0. The highest BCUT2D eigenvalue weighted by Crippen LogP contribution is 2.38. The summed E-state index contributed by atoms with van der Waals surface area (Å²) in [7, 11) is -8.63. The van der Waals surface area contributed by atoms with Crippen molar-refractivity contribution in [1.82, 2.24) is 4.57 Å². The quantitative estimate of drug-likeness (QED) is 0.108. The molecule has 0 saturated heterocycles. The fraction of sp³-hybridized carbons (Fsp3) is 0.333. The fourth-order valence-corrected chi connectivity index (χ4v) is 7.25. The number of carboxylic acid groups (broad SMARTS) is 1. The summed E-state index contributed by atoms with van der Waals surface area (Å²) in [4.78, 5) is 14.1. The first kappa shape index (κ1) is 36.6. The van der Waals surface area contributed by atoms with Gasteiger partial charge in [-0.05, 0) is 82.4 Å². The van der Waals surface area contributed by atoms with Gasteiger partial charge in [0.2, 0.25) is 5.69 Å². The Bertz CT molecular complexity index is 2130. The van der Waals surface area contributed by atoms with Crippen molar-refractivity contribution in [2.45, 2.75) is 69.2 Å². The van der Waals surface area contributed by atoms with E-state index in [-0.39, 0.29) is 23.2 Å². The SMILES string of the molecule is CC1(C)C(C=CC=CC=c2/c(=C/CCCCC(=O)O)c3cc(S(=O)(=O)O)ccc3n2CCCCS(=O)(=O)O)=[NH+]c2c(Cl)cc(Cl)cc21. The van der Waals surface area contributed by atoms with E-state index in [2.05, 4.69) is 18.8 Å². The number of carboxylic acids is 1. The van der Waals surface area contributed by atoms with Gasteiger partial charge in [0, 0.05) is 51.1 Å². The lowest BCUT2D eigenvalue weighted by Gasteiger charge is -2.15. The van der Waals surface area contributed by atoms with E-state index in [0.717, 1.165) is 17.0 Å². The minimum absolute atomic E-state index is 0.0271. The van der Waals surface area contributed by atoms with Crippen molar-refractivity contribution in [3.63, 3.8) is 0 Å². The minimum atomic E-state index is -4.50. The van der Waals surface area contributed by atoms with Gasteiger partial charge in [-0.3, -0.25) is 13.9 Å². The standard InChI is InChI=1S/C33H36Cl2N2O8S2/c1-33(2)26-19-22(34)20-27(35)32(26)36-30(33)13-7-4-6-12-28-24(11-5-3-8-14-31(38)39)25-21-23(47(43,44)45)15-16-29(25)37(28)17-9-10-18-46(40,41)42/h4,6-7,11-13,15-16,19-21H,3,5,8-10,14,17-18H2,1-2H3,(H,38,39)(H,40,41,42)(H,43,44,45)/p+1/b6-4?,13-7?,24-11+,28-12?. The first-order valence-electron chi connectivity index (χ1n) is 14.9. The van der Waals surface area contributed by atoms with E-state index < -0.39 is 32.0 Å². The van der Waals surface area contributed by atoms with Gasteiger partial charge in [-0.25, -0.2) is 4.99 Å². The molecule has 0 bridgehead atoms. The molecule has 10 nitrogen and oxygen atoms in total. The molecule has 0 radical (unpaired) electrons. The summed E-state index contributed by atoms with van der Waals surface area (Å²) in [6, 6.07) is 7.86. The summed E-state index contributed by atoms with van der Waals surface area (Å²) in [5.74, 6) is -1.28. The number of carbonyl (C=O) groups is 1. The Morgan fingerprint density at radius 1 is 0.979 bits per heavy atom. The molecule has 1 aromatic heterocycles. The average Bonchev–Trinajstić information content (AvgIpc) is 3.39. The fourth-order valence-electron chi connectivity index (χ4n) is 5.64. The molecule has 1 aliphatic rings. The van der Waals surface area contributed by atoms with Crippen LogP contribution in [0.5, 0.6) is 0 Å². The molecule has 4 N–H and O–H groups in total. The number of benzene rings is 2. The molecule has 0 amide bonds. The van der Waals surface area contributed by atoms with Crippen LogP contribution in [0.25, 0.3) is 23.1 Å². The van der Waals surface area contributed by atoms with E-state index in [1.54, 1.807) is 12.1 Å². The maximum atomic E-state index is 12.0. The third-order valence-electron chi connectivity index (χ3n) is 8.04. The molecule has 0 spiro atoms. The molecule has 2 aromatic carbocycles. The van der Waals surface area contributed by atoms with Crippen LogP contribution in [0.4, 0.5) is 5.69 Å². The topological polar surface area (TPSA) is 165 Å². The second-order valence-corrected chi connectivity index (χ2v) is 15.7. The average molecular weight is 725 g/mol. The Kier molecular flexibility index (Phi) is 11.6. The second-order valence-electron chi connectivity index (χ2n) is 11.8. The number of halogens is 2. The molecule has 4 rings (SSSR count). The zero-order valence-corrected chi connectivity index (χ0v) is 29.1. The van der Waals surface area contributed by atoms with Gasteiger partial charge in [-0.1, -0.05) is 47.5 Å². The van der Waals surface area contributed by atoms with E-state index in [4.69, 9.17) is 28.3 Å². The Labute approximate surface area is 283 Å². The number of aliphatic carboxylic acids is 1. The van der Waals surface area contributed by atoms with E-state index in [1.165, 1.54) is 12.1 Å². The zero-order valence-electron chi connectivity index (χ0n) is 25.9. The molecular formula is C33H37Cl2N2O8S2+. The van der Waals surface area contributed by atoms with Gasteiger partial charge in [0.1, 0.15) is 5.02 Å². The molecule has 2 heterocycles. The molecule has 0 aliphatic carbocycles. The molecule has 0 saturated carbocycles. The van der Waals surface area contributed by atoms with E-state index in [9.17, 15) is 30.7 Å². The highest BCUT2D eigenvalue weighted by Gasteiger charge is 2.41. The minimum Gasteiger partial charge on any atom is -0.481 e. The number of unbranched alkanes of at least 4 members (excludes halogenated alkanes) is 3. The Balaban J connectivity index is 1.76. The number of aromatic nitrogens is 1. The second kappa shape index (κ2) is 14.9. The summed E-state index contributed by atoms with van der Waals surface area (Å²) < 4.78 is 67.5. The number of hydrogen-bond donors (Lipinski definition) is 4. The highest BCUT2D eigenvalue weighted by molar-refractivity contribution is 7.86. The largest absolute Gasteiger partial charge is 0.481 e. The van der Waals surface area contributed by atoms with Gasteiger partial charge in [0.25, 0.3) is 20.2 Å². The Morgan fingerprint density at radius 3 is 2.40 bits per heavy atom. The Morgan fingerprint density at radius 2 is 1.72 bits per heavy atom. The predicted octanol–water partition coefficient (Wildman–Crippen LogP) is 4.33. The van der Waals surface area contributed by atoms with Crippen LogP contribution in [0.2, 0.25) is 10.0 Å². The normalized spacial score (nSPS) is 15.7. The van der Waals surface area contributed by atoms with Crippen molar-refractivity contribution >= 4 is 83.9 Å². The molecule has 1 aliphatic heterocycles. The zero-order chi connectivity index (χ0) is 34.6. The number of hydrogen-bond acceptors (Lipinski definition) is 5. The molecule has 0 atom stereocenters.